The SMILES string of the molecule is CC(C)N(CCC#N)S(=O)(=O)c1c(F)cc(N)cc1F. The zero-order chi connectivity index (χ0) is 15.5. The van der Waals surface area contributed by atoms with Crippen molar-refractivity contribution in [2.45, 2.75) is 31.2 Å². The minimum atomic E-state index is -4.37. The summed E-state index contributed by atoms with van der Waals surface area (Å²) >= 11 is 0. The number of nitrogens with zero attached hydrogens (tertiary/aromatic N) is 2. The number of hydrogen-bond acceptors (Lipinski definition) is 4. The van der Waals surface area contributed by atoms with Crippen LogP contribution in [-0.2, 0) is 10.0 Å². The van der Waals surface area contributed by atoms with Gasteiger partial charge in [0, 0.05) is 24.7 Å². The lowest BCUT2D eigenvalue weighted by atomic mass is 10.3. The van der Waals surface area contributed by atoms with Gasteiger partial charge in [-0.2, -0.15) is 9.57 Å². The topological polar surface area (TPSA) is 87.2 Å². The van der Waals surface area contributed by atoms with E-state index >= 15 is 0 Å². The minimum Gasteiger partial charge on any atom is -0.399 e. The van der Waals surface area contributed by atoms with E-state index in [1.807, 2.05) is 0 Å². The van der Waals surface area contributed by atoms with Crippen LogP contribution >= 0.6 is 0 Å². The fourth-order valence-electron chi connectivity index (χ4n) is 1.76. The van der Waals surface area contributed by atoms with Crippen molar-refractivity contribution in [2.24, 2.45) is 0 Å². The Bertz CT molecular complexity index is 616. The summed E-state index contributed by atoms with van der Waals surface area (Å²) in [6.07, 6.45) is -0.0738. The van der Waals surface area contributed by atoms with Crippen molar-refractivity contribution in [1.29, 1.82) is 5.26 Å². The summed E-state index contributed by atoms with van der Waals surface area (Å²) in [6.45, 7) is 2.98. The molecule has 0 radical (unpaired) electrons. The average molecular weight is 303 g/mol. The highest BCUT2D eigenvalue weighted by molar-refractivity contribution is 7.89. The van der Waals surface area contributed by atoms with E-state index < -0.39 is 32.6 Å². The van der Waals surface area contributed by atoms with Crippen molar-refractivity contribution in [3.63, 3.8) is 0 Å². The highest BCUT2D eigenvalue weighted by Gasteiger charge is 2.32. The second kappa shape index (κ2) is 6.15. The molecule has 1 rings (SSSR count). The van der Waals surface area contributed by atoms with Gasteiger partial charge < -0.3 is 5.73 Å². The molecule has 110 valence electrons. The Morgan fingerprint density at radius 3 is 2.25 bits per heavy atom. The number of benzene rings is 1. The number of sulfonamides is 1. The summed E-state index contributed by atoms with van der Waals surface area (Å²) in [5, 5.41) is 8.54. The van der Waals surface area contributed by atoms with Gasteiger partial charge in [-0.05, 0) is 26.0 Å². The van der Waals surface area contributed by atoms with E-state index in [0.717, 1.165) is 16.4 Å². The van der Waals surface area contributed by atoms with Gasteiger partial charge >= 0.3 is 0 Å². The number of hydrogen-bond donors (Lipinski definition) is 1. The lowest BCUT2D eigenvalue weighted by molar-refractivity contribution is 0.355. The monoisotopic (exact) mass is 303 g/mol. The molecule has 0 saturated heterocycles. The Balaban J connectivity index is 3.38. The number of rotatable bonds is 5. The summed E-state index contributed by atoms with van der Waals surface area (Å²) < 4.78 is 53.1. The van der Waals surface area contributed by atoms with Gasteiger partial charge in [0.1, 0.15) is 11.6 Å². The molecule has 2 N–H and O–H groups in total. The molecular formula is C12H15F2N3O2S. The third kappa shape index (κ3) is 3.23. The average Bonchev–Trinajstić information content (AvgIpc) is 2.26. The summed E-state index contributed by atoms with van der Waals surface area (Å²) in [5.74, 6) is -2.49. The van der Waals surface area contributed by atoms with Crippen LogP contribution in [0.4, 0.5) is 14.5 Å². The molecule has 0 aromatic heterocycles. The van der Waals surface area contributed by atoms with Crippen LogP contribution in [0.15, 0.2) is 17.0 Å². The summed E-state index contributed by atoms with van der Waals surface area (Å²) in [4.78, 5) is -1.04. The molecule has 0 saturated carbocycles. The number of nitrogen functional groups attached to an aromatic ring is 1. The summed E-state index contributed by atoms with van der Waals surface area (Å²) in [7, 11) is -4.37. The second-order valence-corrected chi connectivity index (χ2v) is 6.26. The maximum Gasteiger partial charge on any atom is 0.249 e. The van der Waals surface area contributed by atoms with E-state index in [0.29, 0.717) is 0 Å². The van der Waals surface area contributed by atoms with E-state index in [-0.39, 0.29) is 18.7 Å². The van der Waals surface area contributed by atoms with Crippen molar-refractivity contribution in [3.05, 3.63) is 23.8 Å². The van der Waals surface area contributed by atoms with Crippen LogP contribution in [0.5, 0.6) is 0 Å². The quantitative estimate of drug-likeness (QED) is 0.841. The normalized spacial score (nSPS) is 11.8. The van der Waals surface area contributed by atoms with Gasteiger partial charge in [-0.15, -0.1) is 0 Å². The van der Waals surface area contributed by atoms with E-state index in [9.17, 15) is 17.2 Å². The molecule has 0 aliphatic rings. The third-order valence-electron chi connectivity index (χ3n) is 2.61. The highest BCUT2D eigenvalue weighted by atomic mass is 32.2. The van der Waals surface area contributed by atoms with Crippen molar-refractivity contribution >= 4 is 15.7 Å². The first-order valence-corrected chi connectivity index (χ1v) is 7.29. The van der Waals surface area contributed by atoms with Crippen LogP contribution in [-0.4, -0.2) is 25.3 Å². The zero-order valence-electron chi connectivity index (χ0n) is 11.1. The lowest BCUT2D eigenvalue weighted by Crippen LogP contribution is -2.38. The Labute approximate surface area is 116 Å². The first-order valence-electron chi connectivity index (χ1n) is 5.85. The van der Waals surface area contributed by atoms with Crippen molar-refractivity contribution < 1.29 is 17.2 Å². The van der Waals surface area contributed by atoms with Crippen LogP contribution in [0.25, 0.3) is 0 Å². The fourth-order valence-corrected chi connectivity index (χ4v) is 3.49. The second-order valence-electron chi connectivity index (χ2n) is 4.43. The maximum atomic E-state index is 13.8. The van der Waals surface area contributed by atoms with Gasteiger partial charge in [-0.25, -0.2) is 17.2 Å². The predicted octanol–water partition coefficient (Wildman–Crippen LogP) is 1.86. The number of anilines is 1. The fraction of sp³-hybridized carbons (Fsp3) is 0.417. The Morgan fingerprint density at radius 2 is 1.85 bits per heavy atom. The van der Waals surface area contributed by atoms with Crippen LogP contribution in [0, 0.1) is 23.0 Å². The molecule has 0 aliphatic carbocycles. The van der Waals surface area contributed by atoms with Crippen molar-refractivity contribution in [1.82, 2.24) is 4.31 Å². The smallest absolute Gasteiger partial charge is 0.249 e. The Morgan fingerprint density at radius 1 is 1.35 bits per heavy atom. The molecule has 1 aromatic carbocycles. The van der Waals surface area contributed by atoms with E-state index in [1.165, 1.54) is 0 Å². The first-order chi connectivity index (χ1) is 9.21. The van der Waals surface area contributed by atoms with Gasteiger partial charge in [-0.3, -0.25) is 0 Å². The molecule has 0 aliphatic heterocycles. The summed E-state index contributed by atoms with van der Waals surface area (Å²) in [6, 6.07) is 2.76. The molecule has 0 heterocycles. The molecule has 1 aromatic rings. The van der Waals surface area contributed by atoms with E-state index in [4.69, 9.17) is 11.0 Å². The first kappa shape index (κ1) is 16.3. The van der Waals surface area contributed by atoms with Gasteiger partial charge in [0.15, 0.2) is 4.90 Å². The molecule has 0 atom stereocenters. The molecule has 8 heteroatoms. The molecule has 5 nitrogen and oxygen atoms in total. The molecule has 0 unspecified atom stereocenters. The van der Waals surface area contributed by atoms with Gasteiger partial charge in [0.25, 0.3) is 0 Å². The standard InChI is InChI=1S/C12H15F2N3O2S/c1-8(2)17(5-3-4-15)20(18,19)12-10(13)6-9(16)7-11(12)14/h6-8H,3,5,16H2,1-2H3. The van der Waals surface area contributed by atoms with E-state index in [1.54, 1.807) is 19.9 Å². The predicted molar refractivity (Wildman–Crippen MR) is 70.0 cm³/mol. The largest absolute Gasteiger partial charge is 0.399 e. The van der Waals surface area contributed by atoms with Gasteiger partial charge in [0.05, 0.1) is 6.07 Å². The maximum absolute atomic E-state index is 13.8. The van der Waals surface area contributed by atoms with Crippen LogP contribution in [0.2, 0.25) is 0 Å². The van der Waals surface area contributed by atoms with Gasteiger partial charge in [-0.1, -0.05) is 0 Å². The highest BCUT2D eigenvalue weighted by Crippen LogP contribution is 2.26. The van der Waals surface area contributed by atoms with Crippen LogP contribution in [0.1, 0.15) is 20.3 Å². The van der Waals surface area contributed by atoms with Crippen molar-refractivity contribution in [2.75, 3.05) is 12.3 Å². The molecule has 0 fully saturated rings. The van der Waals surface area contributed by atoms with E-state index in [2.05, 4.69) is 0 Å². The lowest BCUT2D eigenvalue weighted by Gasteiger charge is -2.25. The summed E-state index contributed by atoms with van der Waals surface area (Å²) in [5.41, 5.74) is 5.05. The molecule has 0 amide bonds. The Hall–Kier alpha value is -1.72. The molecular weight excluding hydrogens is 288 g/mol. The van der Waals surface area contributed by atoms with Crippen LogP contribution < -0.4 is 5.73 Å². The van der Waals surface area contributed by atoms with Crippen LogP contribution in [0.3, 0.4) is 0 Å². The number of nitriles is 1. The molecule has 0 spiro atoms. The molecule has 0 bridgehead atoms. The van der Waals surface area contributed by atoms with Crippen molar-refractivity contribution in [3.8, 4) is 6.07 Å². The Kier molecular flexibility index (Phi) is 5.03. The number of halogens is 2. The molecule has 20 heavy (non-hydrogen) atoms. The third-order valence-corrected chi connectivity index (χ3v) is 4.73. The minimum absolute atomic E-state index is 0.0738. The van der Waals surface area contributed by atoms with Gasteiger partial charge in [0.2, 0.25) is 10.0 Å². The number of nitrogens with two attached hydrogens (primary N) is 1. The zero-order valence-corrected chi connectivity index (χ0v) is 11.9.